The van der Waals surface area contributed by atoms with Gasteiger partial charge in [-0.3, -0.25) is 4.90 Å². The zero-order valence-corrected chi connectivity index (χ0v) is 13.2. The number of thiazole rings is 1. The third-order valence-electron chi connectivity index (χ3n) is 3.40. The number of sulfonamides is 1. The molecule has 0 amide bonds. The lowest BCUT2D eigenvalue weighted by Gasteiger charge is -2.14. The van der Waals surface area contributed by atoms with E-state index in [-0.39, 0.29) is 5.25 Å². The van der Waals surface area contributed by atoms with Crippen molar-refractivity contribution < 1.29 is 8.42 Å². The van der Waals surface area contributed by atoms with Gasteiger partial charge in [0.1, 0.15) is 0 Å². The Morgan fingerprint density at radius 1 is 1.58 bits per heavy atom. The summed E-state index contributed by atoms with van der Waals surface area (Å²) in [4.78, 5) is 6.76. The van der Waals surface area contributed by atoms with Crippen LogP contribution in [0.3, 0.4) is 0 Å². The second-order valence-corrected chi connectivity index (χ2v) is 8.28. The van der Waals surface area contributed by atoms with Gasteiger partial charge >= 0.3 is 0 Å². The molecule has 0 spiro atoms. The number of hydrogen-bond acceptors (Lipinski definition) is 5. The quantitative estimate of drug-likeness (QED) is 0.893. The molecule has 1 aromatic rings. The fourth-order valence-electron chi connectivity index (χ4n) is 2.25. The van der Waals surface area contributed by atoms with Crippen molar-refractivity contribution in [2.45, 2.75) is 38.0 Å². The van der Waals surface area contributed by atoms with Gasteiger partial charge in [0, 0.05) is 24.4 Å². The van der Waals surface area contributed by atoms with E-state index in [1.165, 1.54) is 7.05 Å². The van der Waals surface area contributed by atoms with Crippen LogP contribution in [0.25, 0.3) is 0 Å². The third-order valence-corrected chi connectivity index (χ3v) is 6.43. The molecule has 1 aliphatic rings. The monoisotopic (exact) mass is 303 g/mol. The number of aromatic nitrogens is 1. The first-order chi connectivity index (χ1) is 8.92. The van der Waals surface area contributed by atoms with Crippen LogP contribution in [0.5, 0.6) is 0 Å². The molecule has 0 aromatic carbocycles. The highest BCUT2D eigenvalue weighted by Crippen LogP contribution is 2.22. The summed E-state index contributed by atoms with van der Waals surface area (Å²) in [5.41, 5.74) is 1.05. The maximum atomic E-state index is 11.7. The summed E-state index contributed by atoms with van der Waals surface area (Å²) in [5, 5.41) is 2.93. The van der Waals surface area contributed by atoms with E-state index in [9.17, 15) is 8.42 Å². The van der Waals surface area contributed by atoms with Crippen molar-refractivity contribution in [2.24, 2.45) is 0 Å². The third kappa shape index (κ3) is 3.53. The Bertz CT molecular complexity index is 525. The maximum Gasteiger partial charge on any atom is 0.215 e. The lowest BCUT2D eigenvalue weighted by atomic mass is 10.2. The Hall–Kier alpha value is -0.500. The average Bonchev–Trinajstić information content (AvgIpc) is 2.99. The number of hydrogen-bond donors (Lipinski definition) is 1. The molecule has 5 nitrogen and oxygen atoms in total. The van der Waals surface area contributed by atoms with E-state index in [1.807, 2.05) is 0 Å². The van der Waals surface area contributed by atoms with Gasteiger partial charge in [0.25, 0.3) is 0 Å². The molecule has 0 unspecified atom stereocenters. The Morgan fingerprint density at radius 3 is 2.89 bits per heavy atom. The first-order valence-electron chi connectivity index (χ1n) is 6.51. The van der Waals surface area contributed by atoms with Crippen LogP contribution in [0.4, 0.5) is 0 Å². The first-order valence-corrected chi connectivity index (χ1v) is 8.94. The normalized spacial score (nSPS) is 21.4. The second-order valence-electron chi connectivity index (χ2n) is 5.23. The zero-order chi connectivity index (χ0) is 14.0. The van der Waals surface area contributed by atoms with Gasteiger partial charge in [-0.15, -0.1) is 11.3 Å². The molecule has 108 valence electrons. The Labute approximate surface area is 119 Å². The van der Waals surface area contributed by atoms with Crippen molar-refractivity contribution in [3.63, 3.8) is 0 Å². The van der Waals surface area contributed by atoms with E-state index >= 15 is 0 Å². The Balaban J connectivity index is 1.95. The van der Waals surface area contributed by atoms with Gasteiger partial charge in [-0.1, -0.05) is 13.8 Å². The fourth-order valence-corrected chi connectivity index (χ4v) is 4.23. The molecule has 2 heterocycles. The predicted molar refractivity (Wildman–Crippen MR) is 77.9 cm³/mol. The highest BCUT2D eigenvalue weighted by Gasteiger charge is 2.32. The minimum atomic E-state index is -3.14. The lowest BCUT2D eigenvalue weighted by Crippen LogP contribution is -2.34. The lowest BCUT2D eigenvalue weighted by molar-refractivity contribution is 0.327. The van der Waals surface area contributed by atoms with Gasteiger partial charge in [-0.25, -0.2) is 18.1 Å². The van der Waals surface area contributed by atoms with Gasteiger partial charge in [0.15, 0.2) is 0 Å². The maximum absolute atomic E-state index is 11.7. The van der Waals surface area contributed by atoms with Crippen molar-refractivity contribution in [2.75, 3.05) is 20.1 Å². The molecular formula is C12H21N3O2S2. The summed E-state index contributed by atoms with van der Waals surface area (Å²) in [7, 11) is -1.66. The Morgan fingerprint density at radius 2 is 2.32 bits per heavy atom. The summed E-state index contributed by atoms with van der Waals surface area (Å²) in [6, 6.07) is 0. The van der Waals surface area contributed by atoms with Gasteiger partial charge < -0.3 is 0 Å². The van der Waals surface area contributed by atoms with Crippen molar-refractivity contribution in [1.82, 2.24) is 14.6 Å². The smallest absolute Gasteiger partial charge is 0.215 e. The van der Waals surface area contributed by atoms with Crippen LogP contribution in [0.15, 0.2) is 5.38 Å². The molecule has 0 saturated carbocycles. The molecule has 19 heavy (non-hydrogen) atoms. The van der Waals surface area contributed by atoms with Crippen molar-refractivity contribution in [3.05, 3.63) is 16.1 Å². The van der Waals surface area contributed by atoms with E-state index in [4.69, 9.17) is 0 Å². The standard InChI is InChI=1S/C12H21N3O2S2/c1-9(2)12-14-10(8-18-12)6-15-5-4-11(7-15)19(16,17)13-3/h8-9,11,13H,4-7H2,1-3H3/t11-/m0/s1. The summed E-state index contributed by atoms with van der Waals surface area (Å²) < 4.78 is 25.9. The molecule has 1 fully saturated rings. The molecule has 1 aromatic heterocycles. The van der Waals surface area contributed by atoms with Crippen molar-refractivity contribution in [3.8, 4) is 0 Å². The summed E-state index contributed by atoms with van der Waals surface area (Å²) >= 11 is 1.68. The zero-order valence-electron chi connectivity index (χ0n) is 11.6. The minimum Gasteiger partial charge on any atom is -0.296 e. The van der Waals surface area contributed by atoms with Gasteiger partial charge in [-0.05, 0) is 20.0 Å². The SMILES string of the molecule is CNS(=O)(=O)[C@H]1CCN(Cc2csc(C(C)C)n2)C1. The van der Waals surface area contributed by atoms with E-state index in [2.05, 4.69) is 33.8 Å². The van der Waals surface area contributed by atoms with E-state index in [1.54, 1.807) is 11.3 Å². The molecule has 1 atom stereocenters. The van der Waals surface area contributed by atoms with E-state index < -0.39 is 10.0 Å². The molecule has 2 rings (SSSR count). The molecule has 1 saturated heterocycles. The van der Waals surface area contributed by atoms with Crippen molar-refractivity contribution >= 4 is 21.4 Å². The van der Waals surface area contributed by atoms with Crippen molar-refractivity contribution in [1.29, 1.82) is 0 Å². The van der Waals surface area contributed by atoms with Crippen LogP contribution in [0.2, 0.25) is 0 Å². The Kier molecular flexibility index (Phi) is 4.60. The number of nitrogens with zero attached hydrogens (tertiary/aromatic N) is 2. The molecule has 1 aliphatic heterocycles. The van der Waals surface area contributed by atoms with E-state index in [0.717, 1.165) is 23.8 Å². The second kappa shape index (κ2) is 5.87. The van der Waals surface area contributed by atoms with Crippen LogP contribution in [-0.4, -0.2) is 43.7 Å². The fraction of sp³-hybridized carbons (Fsp3) is 0.750. The summed E-state index contributed by atoms with van der Waals surface area (Å²) in [6.07, 6.45) is 0.699. The van der Waals surface area contributed by atoms with E-state index in [0.29, 0.717) is 18.9 Å². The largest absolute Gasteiger partial charge is 0.296 e. The first kappa shape index (κ1) is 14.9. The molecular weight excluding hydrogens is 282 g/mol. The van der Waals surface area contributed by atoms with Gasteiger partial charge in [-0.2, -0.15) is 0 Å². The summed E-state index contributed by atoms with van der Waals surface area (Å²) in [6.45, 7) is 6.43. The highest BCUT2D eigenvalue weighted by atomic mass is 32.2. The number of nitrogens with one attached hydrogen (secondary N) is 1. The average molecular weight is 303 g/mol. The molecule has 7 heteroatoms. The molecule has 0 bridgehead atoms. The van der Waals surface area contributed by atoms with Gasteiger partial charge in [0.2, 0.25) is 10.0 Å². The predicted octanol–water partition coefficient (Wildman–Crippen LogP) is 1.39. The number of rotatable bonds is 5. The highest BCUT2D eigenvalue weighted by molar-refractivity contribution is 7.90. The number of likely N-dealkylation sites (tertiary alicyclic amines) is 1. The van der Waals surface area contributed by atoms with Crippen LogP contribution < -0.4 is 4.72 Å². The topological polar surface area (TPSA) is 62.3 Å². The summed E-state index contributed by atoms with van der Waals surface area (Å²) in [5.74, 6) is 0.453. The molecule has 0 aliphatic carbocycles. The van der Waals surface area contributed by atoms with Crippen LogP contribution >= 0.6 is 11.3 Å². The van der Waals surface area contributed by atoms with Gasteiger partial charge in [0.05, 0.1) is 16.0 Å². The van der Waals surface area contributed by atoms with Crippen LogP contribution in [0, 0.1) is 0 Å². The molecule has 1 N–H and O–H groups in total. The van der Waals surface area contributed by atoms with Crippen LogP contribution in [0.1, 0.15) is 36.9 Å². The minimum absolute atomic E-state index is 0.291. The molecule has 0 radical (unpaired) electrons. The van der Waals surface area contributed by atoms with Crippen LogP contribution in [-0.2, 0) is 16.6 Å².